The number of carbonyl (C=O) groups excluding carboxylic acids is 1. The van der Waals surface area contributed by atoms with E-state index in [2.05, 4.69) is 14.5 Å². The number of methoxy groups -OCH3 is 1. The van der Waals surface area contributed by atoms with Gasteiger partial charge in [-0.2, -0.15) is 4.89 Å². The van der Waals surface area contributed by atoms with Crippen LogP contribution in [0.25, 0.3) is 0 Å². The van der Waals surface area contributed by atoms with E-state index in [1.165, 1.54) is 14.0 Å². The van der Waals surface area contributed by atoms with E-state index in [1.807, 2.05) is 0 Å². The van der Waals surface area contributed by atoms with Crippen molar-refractivity contribution < 1.29 is 45.5 Å². The van der Waals surface area contributed by atoms with E-state index in [1.54, 1.807) is 6.92 Å². The minimum atomic E-state index is -0.506. The Morgan fingerprint density at radius 1 is 1.50 bits per heavy atom. The molecule has 0 heterocycles. The van der Waals surface area contributed by atoms with Gasteiger partial charge in [-0.05, 0) is 6.92 Å². The third-order valence-electron chi connectivity index (χ3n) is 0.633. The molecule has 0 saturated carbocycles. The van der Waals surface area contributed by atoms with Crippen molar-refractivity contribution in [3.63, 3.8) is 0 Å². The van der Waals surface area contributed by atoms with Gasteiger partial charge in [-0.15, -0.1) is 0 Å². The second-order valence-corrected chi connectivity index (χ2v) is 1.47. The summed E-state index contributed by atoms with van der Waals surface area (Å²) in [7, 11) is 1.45. The Bertz CT molecular complexity index is 95.6. The number of hydrogen-bond donors (Lipinski definition) is 0. The van der Waals surface area contributed by atoms with Gasteiger partial charge in [0.15, 0.2) is 6.29 Å². The van der Waals surface area contributed by atoms with E-state index in [4.69, 9.17) is 0 Å². The maximum atomic E-state index is 10.1. The van der Waals surface area contributed by atoms with Crippen molar-refractivity contribution in [1.82, 2.24) is 0 Å². The average Bonchev–Trinajstić information content (AvgIpc) is 1.83. The van der Waals surface area contributed by atoms with Gasteiger partial charge in [-0.3, -0.25) is 4.89 Å². The van der Waals surface area contributed by atoms with Gasteiger partial charge in [-0.25, -0.2) is 4.79 Å². The number of rotatable bonds is 3. The summed E-state index contributed by atoms with van der Waals surface area (Å²) >= 11 is 0. The van der Waals surface area contributed by atoms with Gasteiger partial charge in [0, 0.05) is 40.2 Å². The molecule has 0 aromatic carbocycles. The molecule has 1 atom stereocenters. The molecule has 0 spiro atoms. The van der Waals surface area contributed by atoms with Crippen molar-refractivity contribution in [2.75, 3.05) is 7.11 Å². The molecule has 0 radical (unpaired) electrons. The number of hydrogen-bond acceptors (Lipinski definition) is 4. The second-order valence-electron chi connectivity index (χ2n) is 1.47. The van der Waals surface area contributed by atoms with Gasteiger partial charge in [-0.1, -0.05) is 0 Å². The molecule has 0 bridgehead atoms. The first-order chi connectivity index (χ1) is 4.16. The van der Waals surface area contributed by atoms with Gasteiger partial charge < -0.3 is 4.74 Å². The van der Waals surface area contributed by atoms with E-state index in [0.29, 0.717) is 0 Å². The van der Waals surface area contributed by atoms with Gasteiger partial charge in [0.05, 0.1) is 0 Å². The molecule has 0 amide bonds. The van der Waals surface area contributed by atoms with Gasteiger partial charge in [0.1, 0.15) is 0 Å². The smallest absolute Gasteiger partial charge is 0.339 e. The Hall–Kier alpha value is 0.273. The molecule has 5 heteroatoms. The minimum Gasteiger partial charge on any atom is -0.352 e. The molecule has 0 aliphatic carbocycles. The van der Waals surface area contributed by atoms with E-state index < -0.39 is 12.3 Å². The molecule has 0 aliphatic heterocycles. The third-order valence-corrected chi connectivity index (χ3v) is 0.633. The van der Waals surface area contributed by atoms with Crippen molar-refractivity contribution in [1.29, 1.82) is 0 Å². The van der Waals surface area contributed by atoms with Crippen molar-refractivity contribution >= 4 is 5.97 Å². The van der Waals surface area contributed by atoms with Crippen LogP contribution in [0.4, 0.5) is 0 Å². The Kier molecular flexibility index (Phi) is 9.53. The van der Waals surface area contributed by atoms with Crippen LogP contribution in [0, 0.1) is 0 Å². The van der Waals surface area contributed by atoms with Crippen molar-refractivity contribution in [3.8, 4) is 0 Å². The zero-order valence-corrected chi connectivity index (χ0v) is 8.67. The van der Waals surface area contributed by atoms with E-state index in [9.17, 15) is 4.79 Å². The Morgan fingerprint density at radius 3 is 2.30 bits per heavy atom. The molecule has 0 rings (SSSR count). The third kappa shape index (κ3) is 8.27. The molecule has 10 heavy (non-hydrogen) atoms. The summed E-state index contributed by atoms with van der Waals surface area (Å²) in [6.45, 7) is 2.87. The summed E-state index contributed by atoms with van der Waals surface area (Å²) < 4.78 is 4.60. The maximum absolute atomic E-state index is 10.1. The van der Waals surface area contributed by atoms with E-state index >= 15 is 0 Å². The molecular formula is C5H10O4Zr. The fourth-order valence-corrected chi connectivity index (χ4v) is 0.175. The summed E-state index contributed by atoms with van der Waals surface area (Å²) in [6, 6.07) is 0. The number of ether oxygens (including phenoxy) is 1. The van der Waals surface area contributed by atoms with Crippen LogP contribution in [0.3, 0.4) is 0 Å². The Morgan fingerprint density at radius 2 is 2.00 bits per heavy atom. The fourth-order valence-electron chi connectivity index (χ4n) is 0.175. The Balaban J connectivity index is 0. The Labute approximate surface area is 78.9 Å². The first kappa shape index (κ1) is 12.9. The van der Waals surface area contributed by atoms with Crippen LogP contribution in [-0.4, -0.2) is 19.4 Å². The van der Waals surface area contributed by atoms with Crippen LogP contribution in [-0.2, 0) is 45.5 Å². The maximum Gasteiger partial charge on any atom is 0.339 e. The van der Waals surface area contributed by atoms with E-state index in [0.717, 1.165) is 0 Å². The van der Waals surface area contributed by atoms with Gasteiger partial charge in [0.25, 0.3) is 0 Å². The molecule has 0 aliphatic rings. The summed E-state index contributed by atoms with van der Waals surface area (Å²) in [5, 5.41) is 0. The van der Waals surface area contributed by atoms with Crippen LogP contribution >= 0.6 is 0 Å². The van der Waals surface area contributed by atoms with Crippen LogP contribution in [0.2, 0.25) is 0 Å². The molecule has 4 nitrogen and oxygen atoms in total. The minimum absolute atomic E-state index is 0. The summed E-state index contributed by atoms with van der Waals surface area (Å²) in [4.78, 5) is 18.6. The molecule has 0 aromatic rings. The molecule has 0 aromatic heterocycles. The van der Waals surface area contributed by atoms with Crippen LogP contribution in [0.15, 0.2) is 0 Å². The quantitative estimate of drug-likeness (QED) is 0.398. The first-order valence-corrected chi connectivity index (χ1v) is 2.53. The molecule has 0 saturated heterocycles. The molecule has 0 N–H and O–H groups in total. The zero-order chi connectivity index (χ0) is 7.28. The van der Waals surface area contributed by atoms with E-state index in [-0.39, 0.29) is 26.2 Å². The van der Waals surface area contributed by atoms with Crippen LogP contribution in [0.5, 0.6) is 0 Å². The van der Waals surface area contributed by atoms with Crippen molar-refractivity contribution in [2.24, 2.45) is 0 Å². The van der Waals surface area contributed by atoms with Gasteiger partial charge >= 0.3 is 5.97 Å². The molecular weight excluding hydrogens is 215 g/mol. The first-order valence-electron chi connectivity index (χ1n) is 2.53. The zero-order valence-electron chi connectivity index (χ0n) is 6.21. The predicted molar refractivity (Wildman–Crippen MR) is 29.3 cm³/mol. The average molecular weight is 225 g/mol. The van der Waals surface area contributed by atoms with Crippen molar-refractivity contribution in [2.45, 2.75) is 20.1 Å². The molecule has 1 unspecified atom stereocenters. The van der Waals surface area contributed by atoms with Gasteiger partial charge in [0.2, 0.25) is 0 Å². The summed E-state index contributed by atoms with van der Waals surface area (Å²) in [5.74, 6) is -0.487. The topological polar surface area (TPSA) is 44.8 Å². The second kappa shape index (κ2) is 7.38. The summed E-state index contributed by atoms with van der Waals surface area (Å²) in [5.41, 5.74) is 0. The molecule has 0 fully saturated rings. The predicted octanol–water partition coefficient (Wildman–Crippen LogP) is 0.471. The molecule has 58 valence electrons. The SMILES string of the molecule is COC(C)OOC(C)=O.[Zr]. The van der Waals surface area contributed by atoms with Crippen molar-refractivity contribution in [3.05, 3.63) is 0 Å². The normalized spacial score (nSPS) is 11.5. The van der Waals surface area contributed by atoms with Crippen LogP contribution in [0.1, 0.15) is 13.8 Å². The fraction of sp³-hybridized carbons (Fsp3) is 0.800. The number of carbonyl (C=O) groups is 1. The summed E-state index contributed by atoms with van der Waals surface area (Å²) in [6.07, 6.45) is -0.506. The monoisotopic (exact) mass is 224 g/mol. The van der Waals surface area contributed by atoms with Crippen LogP contribution < -0.4 is 0 Å². The standard InChI is InChI=1S/C5H10O4.Zr/c1-4(6)8-9-5(2)7-3;/h5H,1-3H3;. The largest absolute Gasteiger partial charge is 0.352 e.